The number of rotatable bonds is 8. The summed E-state index contributed by atoms with van der Waals surface area (Å²) in [5.74, 6) is 1.31. The van der Waals surface area contributed by atoms with Crippen LogP contribution >= 0.6 is 0 Å². The number of aromatic nitrogens is 1. The van der Waals surface area contributed by atoms with Crippen molar-refractivity contribution in [1.82, 2.24) is 19.7 Å². The lowest BCUT2D eigenvalue weighted by Crippen LogP contribution is -2.49. The van der Waals surface area contributed by atoms with Crippen LogP contribution in [0, 0.1) is 0 Å². The number of anilines is 1. The van der Waals surface area contributed by atoms with Gasteiger partial charge in [-0.15, -0.1) is 0 Å². The van der Waals surface area contributed by atoms with Crippen LogP contribution in [0.5, 0.6) is 5.75 Å². The number of aliphatic hydroxyl groups excluding tert-OH is 1. The summed E-state index contributed by atoms with van der Waals surface area (Å²) in [4.78, 5) is 26.2. The first-order chi connectivity index (χ1) is 18.1. The van der Waals surface area contributed by atoms with Crippen molar-refractivity contribution in [1.29, 1.82) is 0 Å². The molecule has 1 N–H and O–H groups in total. The summed E-state index contributed by atoms with van der Waals surface area (Å²) < 4.78 is 11.0. The van der Waals surface area contributed by atoms with Crippen LogP contribution in [0.3, 0.4) is 0 Å². The van der Waals surface area contributed by atoms with Crippen LogP contribution in [0.15, 0.2) is 65.3 Å². The van der Waals surface area contributed by atoms with Crippen LogP contribution in [0.4, 0.5) is 5.69 Å². The summed E-state index contributed by atoms with van der Waals surface area (Å²) in [6.07, 6.45) is 1.00. The zero-order chi connectivity index (χ0) is 25.6. The van der Waals surface area contributed by atoms with Gasteiger partial charge in [-0.05, 0) is 17.7 Å². The summed E-state index contributed by atoms with van der Waals surface area (Å²) in [6.45, 7) is 7.44. The average Bonchev–Trinajstić information content (AvgIpc) is 3.42. The summed E-state index contributed by atoms with van der Waals surface area (Å²) in [5, 5.41) is 10.5. The first-order valence-electron chi connectivity index (χ1n) is 12.9. The Hall–Kier alpha value is -3.40. The van der Waals surface area contributed by atoms with Gasteiger partial charge in [0.15, 0.2) is 5.69 Å². The number of oxazole rings is 1. The van der Waals surface area contributed by atoms with Crippen molar-refractivity contribution < 1.29 is 19.1 Å². The summed E-state index contributed by atoms with van der Waals surface area (Å²) in [7, 11) is 1.67. The second-order valence-corrected chi connectivity index (χ2v) is 9.61. The molecule has 2 aliphatic rings. The average molecular weight is 506 g/mol. The smallest absolute Gasteiger partial charge is 0.275 e. The van der Waals surface area contributed by atoms with Crippen molar-refractivity contribution in [3.8, 4) is 5.75 Å². The molecule has 0 saturated carbocycles. The molecule has 196 valence electrons. The second-order valence-electron chi connectivity index (χ2n) is 9.61. The van der Waals surface area contributed by atoms with Gasteiger partial charge in [0.25, 0.3) is 5.91 Å². The molecule has 0 bridgehead atoms. The fourth-order valence-corrected chi connectivity index (χ4v) is 4.97. The van der Waals surface area contributed by atoms with E-state index in [2.05, 4.69) is 25.8 Å². The van der Waals surface area contributed by atoms with E-state index in [-0.39, 0.29) is 5.91 Å². The fourth-order valence-electron chi connectivity index (χ4n) is 4.97. The molecule has 0 unspecified atom stereocenters. The maximum absolute atomic E-state index is 13.0. The minimum atomic E-state index is -0.481. The monoisotopic (exact) mass is 505 g/mol. The van der Waals surface area contributed by atoms with E-state index >= 15 is 0 Å². The maximum atomic E-state index is 13.0. The number of amides is 1. The molecule has 0 spiro atoms. The normalized spacial score (nSPS) is 18.1. The van der Waals surface area contributed by atoms with Gasteiger partial charge in [0.1, 0.15) is 12.0 Å². The molecule has 1 atom stereocenters. The van der Waals surface area contributed by atoms with Crippen molar-refractivity contribution in [2.24, 2.45) is 0 Å². The predicted octanol–water partition coefficient (Wildman–Crippen LogP) is 2.50. The van der Waals surface area contributed by atoms with E-state index in [4.69, 9.17) is 9.15 Å². The zero-order valence-electron chi connectivity index (χ0n) is 21.3. The highest BCUT2D eigenvalue weighted by molar-refractivity contribution is 5.92. The maximum Gasteiger partial charge on any atom is 0.275 e. The number of methoxy groups -OCH3 is 1. The third kappa shape index (κ3) is 6.30. The van der Waals surface area contributed by atoms with E-state index in [0.717, 1.165) is 56.3 Å². The van der Waals surface area contributed by atoms with Gasteiger partial charge in [-0.1, -0.05) is 36.4 Å². The van der Waals surface area contributed by atoms with Gasteiger partial charge in [-0.2, -0.15) is 0 Å². The minimum Gasteiger partial charge on any atom is -0.497 e. The quantitative estimate of drug-likeness (QED) is 0.500. The summed E-state index contributed by atoms with van der Waals surface area (Å²) >= 11 is 0. The number of carbonyl (C=O) groups excluding carboxylic acids is 1. The SMILES string of the molecule is COc1cccc(N2CCN(C(=O)c3coc(CN4CCN(C[C@H](O)c5ccccc5)CC4)n3)CC2)c1. The lowest BCUT2D eigenvalue weighted by atomic mass is 10.1. The van der Waals surface area contributed by atoms with Crippen molar-refractivity contribution in [2.45, 2.75) is 12.6 Å². The zero-order valence-corrected chi connectivity index (χ0v) is 21.3. The van der Waals surface area contributed by atoms with Gasteiger partial charge in [0.2, 0.25) is 5.89 Å². The minimum absolute atomic E-state index is 0.0833. The number of piperazine rings is 2. The van der Waals surface area contributed by atoms with Crippen molar-refractivity contribution >= 4 is 11.6 Å². The van der Waals surface area contributed by atoms with Crippen LogP contribution in [0.1, 0.15) is 28.0 Å². The van der Waals surface area contributed by atoms with Crippen LogP contribution in [-0.4, -0.2) is 96.7 Å². The highest BCUT2D eigenvalue weighted by Crippen LogP contribution is 2.23. The molecule has 3 heterocycles. The van der Waals surface area contributed by atoms with Crippen LogP contribution in [0.25, 0.3) is 0 Å². The number of β-amino-alcohol motifs (C(OH)–C–C–N with tert-alkyl or cyclic N) is 1. The van der Waals surface area contributed by atoms with Gasteiger partial charge >= 0.3 is 0 Å². The van der Waals surface area contributed by atoms with E-state index < -0.39 is 6.10 Å². The van der Waals surface area contributed by atoms with Crippen LogP contribution < -0.4 is 9.64 Å². The van der Waals surface area contributed by atoms with Gasteiger partial charge in [0, 0.05) is 70.7 Å². The largest absolute Gasteiger partial charge is 0.497 e. The molecule has 0 aliphatic carbocycles. The molecule has 5 rings (SSSR count). The molecular formula is C28H35N5O4. The predicted molar refractivity (Wildman–Crippen MR) is 141 cm³/mol. The molecule has 1 aromatic heterocycles. The highest BCUT2D eigenvalue weighted by atomic mass is 16.5. The Bertz CT molecular complexity index is 1150. The van der Waals surface area contributed by atoms with E-state index in [9.17, 15) is 9.90 Å². The third-order valence-electron chi connectivity index (χ3n) is 7.20. The Morgan fingerprint density at radius 1 is 0.973 bits per heavy atom. The summed E-state index contributed by atoms with van der Waals surface area (Å²) in [6, 6.07) is 17.8. The Balaban J connectivity index is 1.07. The number of carbonyl (C=O) groups is 1. The molecule has 9 heteroatoms. The Morgan fingerprint density at radius 2 is 1.70 bits per heavy atom. The molecular weight excluding hydrogens is 470 g/mol. The molecule has 2 saturated heterocycles. The molecule has 3 aromatic rings. The Morgan fingerprint density at radius 3 is 2.43 bits per heavy atom. The third-order valence-corrected chi connectivity index (χ3v) is 7.20. The number of aliphatic hydroxyl groups is 1. The molecule has 37 heavy (non-hydrogen) atoms. The van der Waals surface area contributed by atoms with Gasteiger partial charge in [-0.25, -0.2) is 4.98 Å². The van der Waals surface area contributed by atoms with E-state index in [0.29, 0.717) is 37.8 Å². The van der Waals surface area contributed by atoms with Crippen molar-refractivity contribution in [2.75, 3.05) is 70.9 Å². The standard InChI is InChI=1S/C28H35N5O4/c1-36-24-9-5-8-23(18-24)32-14-16-33(17-15-32)28(35)25-21-37-27(29-25)20-31-12-10-30(11-13-31)19-26(34)22-6-3-2-4-7-22/h2-9,18,21,26,34H,10-17,19-20H2,1H3/t26-/m0/s1. The Kier molecular flexibility index (Phi) is 8.03. The number of hydrogen-bond donors (Lipinski definition) is 1. The topological polar surface area (TPSA) is 85.5 Å². The molecule has 0 radical (unpaired) electrons. The van der Waals surface area contributed by atoms with Crippen molar-refractivity contribution in [3.05, 3.63) is 78.0 Å². The van der Waals surface area contributed by atoms with Crippen LogP contribution in [0.2, 0.25) is 0 Å². The van der Waals surface area contributed by atoms with Crippen molar-refractivity contribution in [3.63, 3.8) is 0 Å². The lowest BCUT2D eigenvalue weighted by molar-refractivity contribution is 0.0671. The second kappa shape index (κ2) is 11.8. The van der Waals surface area contributed by atoms with Gasteiger partial charge in [0.05, 0.1) is 19.8 Å². The molecule has 2 fully saturated rings. The first kappa shape index (κ1) is 25.3. The van der Waals surface area contributed by atoms with E-state index in [1.807, 2.05) is 53.4 Å². The lowest BCUT2D eigenvalue weighted by Gasteiger charge is -2.35. The van der Waals surface area contributed by atoms with Gasteiger partial charge < -0.3 is 24.1 Å². The highest BCUT2D eigenvalue weighted by Gasteiger charge is 2.26. The number of nitrogens with zero attached hydrogens (tertiary/aromatic N) is 5. The summed E-state index contributed by atoms with van der Waals surface area (Å²) in [5.41, 5.74) is 2.42. The van der Waals surface area contributed by atoms with E-state index in [1.54, 1.807) is 7.11 Å². The van der Waals surface area contributed by atoms with Gasteiger partial charge in [-0.3, -0.25) is 14.6 Å². The fraction of sp³-hybridized carbons (Fsp3) is 0.429. The molecule has 2 aromatic carbocycles. The molecule has 9 nitrogen and oxygen atoms in total. The molecule has 1 amide bonds. The van der Waals surface area contributed by atoms with Crippen LogP contribution in [-0.2, 0) is 6.54 Å². The van der Waals surface area contributed by atoms with E-state index in [1.165, 1.54) is 6.26 Å². The number of hydrogen-bond acceptors (Lipinski definition) is 8. The number of ether oxygens (including phenoxy) is 1. The first-order valence-corrected chi connectivity index (χ1v) is 12.9. The Labute approximate surface area is 217 Å². The molecule has 2 aliphatic heterocycles. The number of benzene rings is 2.